The zero-order chi connectivity index (χ0) is 19.8. The lowest BCUT2D eigenvalue weighted by atomic mass is 9.55. The lowest BCUT2D eigenvalue weighted by Crippen LogP contribution is -2.51. The van der Waals surface area contributed by atoms with Crippen LogP contribution in [0.4, 0.5) is 0 Å². The molecule has 1 aromatic rings. The van der Waals surface area contributed by atoms with Gasteiger partial charge in [-0.1, -0.05) is 44.2 Å². The molecule has 0 aromatic heterocycles. The first-order valence-electron chi connectivity index (χ1n) is 9.19. The molecular formula is C22H23N5. The standard InChI is InChI=1S/C22H23N5/c1-14(2)15-4-6-16(7-5-15)20-17(10-23)21(26)22(12-24,13-25)19-8-9-27(3)11-18(19)20/h4-8,14,17-18,20,26H,9,11H2,1-3H3/t17?,18-,20-/m1/s1. The number of fused-ring (bicyclic) bond motifs is 1. The predicted octanol–water partition coefficient (Wildman–Crippen LogP) is 3.59. The summed E-state index contributed by atoms with van der Waals surface area (Å²) in [6, 6.07) is 14.6. The van der Waals surface area contributed by atoms with E-state index in [0.29, 0.717) is 24.6 Å². The fourth-order valence-electron chi connectivity index (χ4n) is 4.40. The molecule has 0 spiro atoms. The SMILES string of the molecule is CC(C)c1ccc([C@@H]2C(C#N)C(=N)C(C#N)(C#N)C3=CCN(C)C[C@H]32)cc1. The Morgan fingerprint density at radius 3 is 2.30 bits per heavy atom. The Balaban J connectivity index is 2.17. The maximum absolute atomic E-state index is 9.87. The summed E-state index contributed by atoms with van der Waals surface area (Å²) in [6.07, 6.45) is 1.91. The Hall–Kier alpha value is -2.94. The Kier molecular flexibility index (Phi) is 4.88. The van der Waals surface area contributed by atoms with E-state index in [4.69, 9.17) is 5.41 Å². The molecule has 1 aliphatic heterocycles. The summed E-state index contributed by atoms with van der Waals surface area (Å²) in [5.74, 6) is -0.737. The van der Waals surface area contributed by atoms with Crippen molar-refractivity contribution in [3.8, 4) is 18.2 Å². The highest BCUT2D eigenvalue weighted by Gasteiger charge is 2.56. The van der Waals surface area contributed by atoms with E-state index in [9.17, 15) is 15.8 Å². The Bertz CT molecular complexity index is 890. The summed E-state index contributed by atoms with van der Waals surface area (Å²) in [5.41, 5.74) is 1.20. The molecule has 0 radical (unpaired) electrons. The fraction of sp³-hybridized carbons (Fsp3) is 0.455. The quantitative estimate of drug-likeness (QED) is 0.818. The number of hydrogen-bond acceptors (Lipinski definition) is 5. The van der Waals surface area contributed by atoms with Crippen LogP contribution in [0.2, 0.25) is 0 Å². The molecule has 1 aromatic carbocycles. The van der Waals surface area contributed by atoms with Crippen molar-refractivity contribution in [1.29, 1.82) is 21.2 Å². The van der Waals surface area contributed by atoms with Gasteiger partial charge in [-0.2, -0.15) is 15.8 Å². The molecule has 1 fully saturated rings. The second kappa shape index (κ2) is 6.99. The van der Waals surface area contributed by atoms with E-state index in [2.05, 4.69) is 49.1 Å². The fourth-order valence-corrected chi connectivity index (χ4v) is 4.40. The summed E-state index contributed by atoms with van der Waals surface area (Å²) in [5, 5.41) is 38.1. The molecule has 5 nitrogen and oxygen atoms in total. The van der Waals surface area contributed by atoms with Gasteiger partial charge in [0.1, 0.15) is 0 Å². The van der Waals surface area contributed by atoms with Gasteiger partial charge < -0.3 is 10.3 Å². The van der Waals surface area contributed by atoms with E-state index < -0.39 is 11.3 Å². The molecule has 0 saturated heterocycles. The van der Waals surface area contributed by atoms with Gasteiger partial charge in [-0.3, -0.25) is 0 Å². The van der Waals surface area contributed by atoms with Gasteiger partial charge >= 0.3 is 0 Å². The number of rotatable bonds is 2. The van der Waals surface area contributed by atoms with Crippen molar-refractivity contribution in [2.45, 2.75) is 25.7 Å². The second-order valence-corrected chi connectivity index (χ2v) is 7.83. The normalized spacial score (nSPS) is 27.1. The average Bonchev–Trinajstić information content (AvgIpc) is 2.67. The van der Waals surface area contributed by atoms with Crippen LogP contribution in [0.15, 0.2) is 35.9 Å². The van der Waals surface area contributed by atoms with Crippen LogP contribution in [0.25, 0.3) is 0 Å². The minimum absolute atomic E-state index is 0.0833. The molecule has 1 heterocycles. The van der Waals surface area contributed by atoms with Crippen molar-refractivity contribution in [3.05, 3.63) is 47.0 Å². The zero-order valence-corrected chi connectivity index (χ0v) is 15.9. The topological polar surface area (TPSA) is 98.5 Å². The molecule has 3 rings (SSSR count). The molecule has 1 unspecified atom stereocenters. The zero-order valence-electron chi connectivity index (χ0n) is 15.9. The molecular weight excluding hydrogens is 334 g/mol. The van der Waals surface area contributed by atoms with Crippen molar-refractivity contribution in [2.75, 3.05) is 20.1 Å². The number of likely N-dealkylation sites (N-methyl/N-ethyl adjacent to an activating group) is 1. The average molecular weight is 357 g/mol. The maximum atomic E-state index is 9.87. The van der Waals surface area contributed by atoms with Gasteiger partial charge in [0.05, 0.1) is 29.8 Å². The molecule has 1 aliphatic carbocycles. The largest absolute Gasteiger partial charge is 0.305 e. The summed E-state index contributed by atoms with van der Waals surface area (Å²) >= 11 is 0. The van der Waals surface area contributed by atoms with E-state index in [1.54, 1.807) is 0 Å². The molecule has 0 bridgehead atoms. The monoisotopic (exact) mass is 357 g/mol. The first kappa shape index (κ1) is 18.8. The van der Waals surface area contributed by atoms with Crippen molar-refractivity contribution in [3.63, 3.8) is 0 Å². The van der Waals surface area contributed by atoms with E-state index in [1.807, 2.05) is 25.3 Å². The molecule has 3 atom stereocenters. The molecule has 136 valence electrons. The second-order valence-electron chi connectivity index (χ2n) is 7.83. The predicted molar refractivity (Wildman–Crippen MR) is 103 cm³/mol. The summed E-state index contributed by atoms with van der Waals surface area (Å²) in [6.45, 7) is 5.57. The first-order chi connectivity index (χ1) is 12.9. The number of nitrogens with zero attached hydrogens (tertiary/aromatic N) is 4. The van der Waals surface area contributed by atoms with Crippen LogP contribution in [-0.2, 0) is 0 Å². The van der Waals surface area contributed by atoms with Crippen LogP contribution in [-0.4, -0.2) is 30.7 Å². The van der Waals surface area contributed by atoms with Gasteiger partial charge in [-0.25, -0.2) is 0 Å². The van der Waals surface area contributed by atoms with Crippen molar-refractivity contribution >= 4 is 5.71 Å². The molecule has 27 heavy (non-hydrogen) atoms. The summed E-state index contributed by atoms with van der Waals surface area (Å²) in [7, 11) is 1.99. The van der Waals surface area contributed by atoms with Crippen LogP contribution in [0, 0.1) is 56.7 Å². The third-order valence-electron chi connectivity index (χ3n) is 5.93. The molecule has 1 N–H and O–H groups in total. The highest BCUT2D eigenvalue weighted by molar-refractivity contribution is 6.01. The van der Waals surface area contributed by atoms with Gasteiger partial charge in [-0.05, 0) is 29.7 Å². The minimum Gasteiger partial charge on any atom is -0.305 e. The lowest BCUT2D eigenvalue weighted by Gasteiger charge is -2.46. The van der Waals surface area contributed by atoms with E-state index in [-0.39, 0.29) is 17.5 Å². The van der Waals surface area contributed by atoms with Gasteiger partial charge in [0.25, 0.3) is 0 Å². The summed E-state index contributed by atoms with van der Waals surface area (Å²) < 4.78 is 0. The number of nitrogens with one attached hydrogen (secondary N) is 1. The number of benzene rings is 1. The number of nitriles is 3. The van der Waals surface area contributed by atoms with E-state index in [0.717, 1.165) is 5.56 Å². The van der Waals surface area contributed by atoms with E-state index >= 15 is 0 Å². The number of hydrogen-bond donors (Lipinski definition) is 1. The van der Waals surface area contributed by atoms with Gasteiger partial charge in [0.2, 0.25) is 5.41 Å². The molecule has 2 aliphatic rings. The first-order valence-corrected chi connectivity index (χ1v) is 9.19. The molecule has 0 amide bonds. The van der Waals surface area contributed by atoms with E-state index in [1.165, 1.54) is 5.56 Å². The Labute approximate surface area is 160 Å². The third kappa shape index (κ3) is 2.84. The van der Waals surface area contributed by atoms with Gasteiger partial charge in [-0.15, -0.1) is 0 Å². The maximum Gasteiger partial charge on any atom is 0.203 e. The van der Waals surface area contributed by atoms with Crippen molar-refractivity contribution in [2.24, 2.45) is 17.3 Å². The lowest BCUT2D eigenvalue weighted by molar-refractivity contribution is 0.244. The third-order valence-corrected chi connectivity index (χ3v) is 5.93. The highest BCUT2D eigenvalue weighted by Crippen LogP contribution is 2.52. The summed E-state index contributed by atoms with van der Waals surface area (Å²) in [4.78, 5) is 2.13. The van der Waals surface area contributed by atoms with Crippen molar-refractivity contribution in [1.82, 2.24) is 4.90 Å². The Morgan fingerprint density at radius 1 is 1.15 bits per heavy atom. The van der Waals surface area contributed by atoms with Gasteiger partial charge in [0, 0.05) is 24.9 Å². The minimum atomic E-state index is -1.62. The smallest absolute Gasteiger partial charge is 0.203 e. The molecule has 1 saturated carbocycles. The highest BCUT2D eigenvalue weighted by atomic mass is 15.1. The van der Waals surface area contributed by atoms with Crippen LogP contribution < -0.4 is 0 Å². The van der Waals surface area contributed by atoms with Crippen LogP contribution in [0.1, 0.15) is 36.8 Å². The van der Waals surface area contributed by atoms with Crippen LogP contribution >= 0.6 is 0 Å². The van der Waals surface area contributed by atoms with Crippen molar-refractivity contribution < 1.29 is 0 Å². The van der Waals surface area contributed by atoms with Crippen LogP contribution in [0.3, 0.4) is 0 Å². The Morgan fingerprint density at radius 2 is 1.78 bits per heavy atom. The molecule has 5 heteroatoms. The van der Waals surface area contributed by atoms with Crippen LogP contribution in [0.5, 0.6) is 0 Å². The van der Waals surface area contributed by atoms with Gasteiger partial charge in [0.15, 0.2) is 0 Å².